The first kappa shape index (κ1) is 36.1. The second-order valence-corrected chi connectivity index (χ2v) is 10.2. The summed E-state index contributed by atoms with van der Waals surface area (Å²) in [5.74, 6) is -3.44. The van der Waals surface area contributed by atoms with Gasteiger partial charge in [0, 0.05) is 19.5 Å². The number of hydrogen-bond acceptors (Lipinski definition) is 7. The molecule has 238 valence electrons. The lowest BCUT2D eigenvalue weighted by molar-refractivity contribution is -0.139. The summed E-state index contributed by atoms with van der Waals surface area (Å²) in [6.07, 6.45) is 1.68. The summed E-state index contributed by atoms with van der Waals surface area (Å²) in [5.41, 5.74) is 11.2. The monoisotopic (exact) mass is 604 g/mol. The van der Waals surface area contributed by atoms with Crippen LogP contribution in [0.4, 0.5) is 4.79 Å². The van der Waals surface area contributed by atoms with Gasteiger partial charge in [0.2, 0.25) is 11.8 Å². The van der Waals surface area contributed by atoms with E-state index in [1.807, 2.05) is 0 Å². The van der Waals surface area contributed by atoms with Crippen LogP contribution in [-0.4, -0.2) is 84.4 Å². The van der Waals surface area contributed by atoms with Crippen molar-refractivity contribution in [2.45, 2.75) is 70.1 Å². The van der Waals surface area contributed by atoms with Crippen LogP contribution in [0, 0.1) is 16.7 Å². The van der Waals surface area contributed by atoms with Crippen LogP contribution in [0.5, 0.6) is 0 Å². The van der Waals surface area contributed by atoms with Crippen molar-refractivity contribution < 1.29 is 29.1 Å². The Kier molecular flexibility index (Phi) is 16.2. The van der Waals surface area contributed by atoms with E-state index in [-0.39, 0.29) is 37.7 Å². The Hall–Kier alpha value is -4.89. The molecule has 0 radical (unpaired) electrons. The van der Waals surface area contributed by atoms with Crippen molar-refractivity contribution >= 4 is 42.0 Å². The third-order valence-corrected chi connectivity index (χ3v) is 6.24. The Morgan fingerprint density at radius 1 is 0.837 bits per heavy atom. The molecule has 0 fully saturated rings. The average Bonchev–Trinajstić information content (AvgIpc) is 2.94. The molecule has 0 aliphatic rings. The third-order valence-electron chi connectivity index (χ3n) is 6.24. The number of nitrogens with one attached hydrogen (secondary N) is 8. The van der Waals surface area contributed by atoms with E-state index in [9.17, 15) is 29.1 Å². The highest BCUT2D eigenvalue weighted by Gasteiger charge is 2.30. The molecule has 1 rings (SSSR count). The summed E-state index contributed by atoms with van der Waals surface area (Å²) >= 11 is 0. The van der Waals surface area contributed by atoms with Crippen LogP contribution in [0.1, 0.15) is 45.1 Å². The van der Waals surface area contributed by atoms with Gasteiger partial charge in [-0.05, 0) is 37.2 Å². The first-order chi connectivity index (χ1) is 20.3. The summed E-state index contributed by atoms with van der Waals surface area (Å²) in [6.45, 7) is 3.96. The molecule has 0 saturated heterocycles. The molecule has 1 aromatic rings. The molecule has 16 heteroatoms. The van der Waals surface area contributed by atoms with E-state index in [0.29, 0.717) is 31.2 Å². The minimum atomic E-state index is -1.27. The zero-order chi connectivity index (χ0) is 32.4. The molecule has 13 N–H and O–H groups in total. The average molecular weight is 605 g/mol. The summed E-state index contributed by atoms with van der Waals surface area (Å²) < 4.78 is 0. The maximum absolute atomic E-state index is 13.3. The standard InChI is InChI=1S/C27H44N10O6/c1-16(2)21(23(40)34-18(15-38)10-6-12-32-25(28)29)37-22(39)19(11-7-13-33-26(30)31)35-27(43)36-20(24(41)42)14-17-8-4-3-5-9-17/h3-5,8-9,15-16,18-21H,6-7,10-14H2,1-2H3,(H,34,40)(H,37,39)(H,41,42)(H4,28,29,32)(H4,30,31,33)(H2,35,36,43)/t18?,19-,20?,21-/m0/s1. The van der Waals surface area contributed by atoms with Gasteiger partial charge in [0.1, 0.15) is 24.4 Å². The summed E-state index contributed by atoms with van der Waals surface area (Å²) in [4.78, 5) is 62.5. The van der Waals surface area contributed by atoms with Gasteiger partial charge in [0.15, 0.2) is 11.9 Å². The van der Waals surface area contributed by atoms with Gasteiger partial charge in [-0.1, -0.05) is 44.2 Å². The normalized spacial score (nSPS) is 13.4. The predicted octanol–water partition coefficient (Wildman–Crippen LogP) is -1.30. The van der Waals surface area contributed by atoms with E-state index >= 15 is 0 Å². The fourth-order valence-corrected chi connectivity index (χ4v) is 3.99. The molecule has 4 amide bonds. The third kappa shape index (κ3) is 15.1. The van der Waals surface area contributed by atoms with Gasteiger partial charge < -0.3 is 53.3 Å². The SMILES string of the molecule is CC(C)[C@H](NC(=O)[C@H](CCCNC(=N)N)NC(=O)NC(Cc1ccccc1)C(=O)O)C(=O)NC(C=O)CCCNC(=N)N. The van der Waals surface area contributed by atoms with Crippen molar-refractivity contribution in [2.75, 3.05) is 13.1 Å². The van der Waals surface area contributed by atoms with E-state index in [0.717, 1.165) is 0 Å². The molecular formula is C27H44N10O6. The lowest BCUT2D eigenvalue weighted by Gasteiger charge is -2.27. The number of aliphatic carboxylic acids is 1. The zero-order valence-corrected chi connectivity index (χ0v) is 24.4. The first-order valence-electron chi connectivity index (χ1n) is 13.9. The maximum atomic E-state index is 13.3. The fourth-order valence-electron chi connectivity index (χ4n) is 3.99. The van der Waals surface area contributed by atoms with E-state index in [4.69, 9.17) is 22.3 Å². The van der Waals surface area contributed by atoms with Crippen LogP contribution in [-0.2, 0) is 25.6 Å². The molecule has 16 nitrogen and oxygen atoms in total. The summed E-state index contributed by atoms with van der Waals surface area (Å²) in [6, 6.07) is 3.48. The molecule has 0 aliphatic carbocycles. The first-order valence-corrected chi connectivity index (χ1v) is 13.9. The number of carbonyl (C=O) groups excluding carboxylic acids is 4. The highest BCUT2D eigenvalue weighted by Crippen LogP contribution is 2.07. The van der Waals surface area contributed by atoms with Crippen molar-refractivity contribution in [3.8, 4) is 0 Å². The van der Waals surface area contributed by atoms with E-state index in [2.05, 4.69) is 31.9 Å². The Morgan fingerprint density at radius 2 is 1.40 bits per heavy atom. The van der Waals surface area contributed by atoms with Gasteiger partial charge in [-0.2, -0.15) is 0 Å². The van der Waals surface area contributed by atoms with Gasteiger partial charge in [0.05, 0.1) is 6.04 Å². The quantitative estimate of drug-likeness (QED) is 0.0384. The molecule has 0 spiro atoms. The lowest BCUT2D eigenvalue weighted by atomic mass is 10.0. The number of carboxylic acid groups (broad SMARTS) is 1. The van der Waals surface area contributed by atoms with Crippen LogP contribution in [0.15, 0.2) is 30.3 Å². The molecule has 0 heterocycles. The van der Waals surface area contributed by atoms with Crippen LogP contribution in [0.2, 0.25) is 0 Å². The van der Waals surface area contributed by atoms with Crippen molar-refractivity contribution in [3.63, 3.8) is 0 Å². The molecule has 1 aromatic carbocycles. The Balaban J connectivity index is 2.95. The Morgan fingerprint density at radius 3 is 1.91 bits per heavy atom. The number of carboxylic acids is 1. The zero-order valence-electron chi connectivity index (χ0n) is 24.4. The lowest BCUT2D eigenvalue weighted by Crippen LogP contribution is -2.58. The molecule has 0 bridgehead atoms. The Bertz CT molecular complexity index is 1100. The number of benzene rings is 1. The topological polar surface area (TPSA) is 277 Å². The number of carbonyl (C=O) groups is 5. The number of guanidine groups is 2. The van der Waals surface area contributed by atoms with Gasteiger partial charge in [-0.15, -0.1) is 0 Å². The van der Waals surface area contributed by atoms with E-state index in [1.165, 1.54) is 0 Å². The molecule has 4 atom stereocenters. The molecule has 2 unspecified atom stereocenters. The number of urea groups is 1. The second-order valence-electron chi connectivity index (χ2n) is 10.2. The highest BCUT2D eigenvalue weighted by atomic mass is 16.4. The smallest absolute Gasteiger partial charge is 0.326 e. The molecule has 0 saturated carbocycles. The van der Waals surface area contributed by atoms with Gasteiger partial charge in [0.25, 0.3) is 0 Å². The second kappa shape index (κ2) is 19.3. The van der Waals surface area contributed by atoms with Crippen molar-refractivity contribution in [1.29, 1.82) is 10.8 Å². The minimum absolute atomic E-state index is 0.0152. The number of amides is 4. The van der Waals surface area contributed by atoms with Crippen molar-refractivity contribution in [2.24, 2.45) is 17.4 Å². The largest absolute Gasteiger partial charge is 0.480 e. The predicted molar refractivity (Wildman–Crippen MR) is 160 cm³/mol. The van der Waals surface area contributed by atoms with Crippen LogP contribution >= 0.6 is 0 Å². The van der Waals surface area contributed by atoms with E-state index < -0.39 is 53.9 Å². The summed E-state index contributed by atoms with van der Waals surface area (Å²) in [5, 5.41) is 39.4. The van der Waals surface area contributed by atoms with Crippen LogP contribution in [0.3, 0.4) is 0 Å². The number of hydrogen-bond donors (Lipinski definition) is 11. The van der Waals surface area contributed by atoms with Gasteiger partial charge in [-0.3, -0.25) is 20.4 Å². The number of rotatable bonds is 19. The highest BCUT2D eigenvalue weighted by molar-refractivity contribution is 5.93. The van der Waals surface area contributed by atoms with Gasteiger partial charge in [-0.25, -0.2) is 9.59 Å². The molecular weight excluding hydrogens is 560 g/mol. The number of nitrogens with two attached hydrogens (primary N) is 2. The fraction of sp³-hybridized carbons (Fsp3) is 0.519. The van der Waals surface area contributed by atoms with Crippen molar-refractivity contribution in [3.05, 3.63) is 35.9 Å². The van der Waals surface area contributed by atoms with E-state index in [1.54, 1.807) is 44.2 Å². The van der Waals surface area contributed by atoms with Gasteiger partial charge >= 0.3 is 12.0 Å². The maximum Gasteiger partial charge on any atom is 0.326 e. The number of aldehydes is 1. The molecule has 43 heavy (non-hydrogen) atoms. The van der Waals surface area contributed by atoms with Crippen molar-refractivity contribution in [1.82, 2.24) is 31.9 Å². The van der Waals surface area contributed by atoms with Crippen LogP contribution in [0.25, 0.3) is 0 Å². The minimum Gasteiger partial charge on any atom is -0.480 e. The summed E-state index contributed by atoms with van der Waals surface area (Å²) in [7, 11) is 0. The van der Waals surface area contributed by atoms with Crippen LogP contribution < -0.4 is 43.4 Å². The molecule has 0 aromatic heterocycles. The Labute approximate surface area is 250 Å². The molecule has 0 aliphatic heterocycles.